The quantitative estimate of drug-likeness (QED) is 0.524. The maximum atomic E-state index is 14.2. The van der Waals surface area contributed by atoms with Crippen LogP contribution in [-0.2, 0) is 19.1 Å². The van der Waals surface area contributed by atoms with Gasteiger partial charge in [-0.1, -0.05) is 43.9 Å². The van der Waals surface area contributed by atoms with E-state index in [9.17, 15) is 14.4 Å². The molecule has 1 aromatic rings. The molecule has 0 radical (unpaired) electrons. The van der Waals surface area contributed by atoms with E-state index in [-0.39, 0.29) is 23.8 Å². The summed E-state index contributed by atoms with van der Waals surface area (Å²) in [5, 5.41) is 6.33. The molecule has 2 N–H and O–H groups in total. The third-order valence-corrected chi connectivity index (χ3v) is 9.47. The Hall–Kier alpha value is -2.71. The van der Waals surface area contributed by atoms with E-state index in [0.717, 1.165) is 62.1 Å². The highest BCUT2D eigenvalue weighted by molar-refractivity contribution is 6.02. The fraction of sp³-hybridized carbons (Fsp3) is 0.645. The van der Waals surface area contributed by atoms with Gasteiger partial charge in [-0.05, 0) is 75.9 Å². The summed E-state index contributed by atoms with van der Waals surface area (Å²) in [5.74, 6) is -1.88. The van der Waals surface area contributed by atoms with E-state index in [1.165, 1.54) is 25.7 Å². The average Bonchev–Trinajstić information content (AvgIpc) is 3.55. The summed E-state index contributed by atoms with van der Waals surface area (Å²) in [6.45, 7) is 7.24. The molecule has 6 rings (SSSR count). The Morgan fingerprint density at radius 1 is 0.949 bits per heavy atom. The topological polar surface area (TPSA) is 91.0 Å². The maximum absolute atomic E-state index is 14.2. The first-order chi connectivity index (χ1) is 18.9. The minimum absolute atomic E-state index is 0.131. The van der Waals surface area contributed by atoms with Crippen LogP contribution in [0.4, 0.5) is 5.69 Å². The number of ether oxygens (including phenoxy) is 1. The van der Waals surface area contributed by atoms with Crippen LogP contribution in [0.1, 0.15) is 62.5 Å². The largest absolute Gasteiger partial charge is 0.359 e. The third kappa shape index (κ3) is 4.91. The zero-order chi connectivity index (χ0) is 27.1. The fourth-order valence-electron chi connectivity index (χ4n) is 7.74. The number of carbonyl (C=O) groups is 3. The van der Waals surface area contributed by atoms with Crippen LogP contribution in [-0.4, -0.2) is 77.5 Å². The lowest BCUT2D eigenvalue weighted by Gasteiger charge is -2.35. The van der Waals surface area contributed by atoms with Crippen LogP contribution < -0.4 is 10.6 Å². The summed E-state index contributed by atoms with van der Waals surface area (Å²) in [6.07, 6.45) is 12.2. The van der Waals surface area contributed by atoms with Gasteiger partial charge in [0.05, 0.1) is 17.9 Å². The van der Waals surface area contributed by atoms with Gasteiger partial charge in [0, 0.05) is 24.8 Å². The van der Waals surface area contributed by atoms with Crippen molar-refractivity contribution in [2.45, 2.75) is 89.0 Å². The monoisotopic (exact) mass is 534 g/mol. The maximum Gasteiger partial charge on any atom is 0.246 e. The van der Waals surface area contributed by atoms with E-state index in [1.807, 2.05) is 38.1 Å². The van der Waals surface area contributed by atoms with Gasteiger partial charge >= 0.3 is 0 Å². The number of piperidine rings is 1. The van der Waals surface area contributed by atoms with Crippen molar-refractivity contribution in [1.29, 1.82) is 0 Å². The van der Waals surface area contributed by atoms with Gasteiger partial charge in [0.15, 0.2) is 0 Å². The molecule has 3 saturated heterocycles. The highest BCUT2D eigenvalue weighted by Gasteiger charge is 2.72. The number of nitrogens with zero attached hydrogens (tertiary/aromatic N) is 2. The van der Waals surface area contributed by atoms with Crippen molar-refractivity contribution in [3.63, 3.8) is 0 Å². The van der Waals surface area contributed by atoms with Crippen molar-refractivity contribution >= 4 is 23.4 Å². The van der Waals surface area contributed by atoms with Gasteiger partial charge in [-0.25, -0.2) is 0 Å². The highest BCUT2D eigenvalue weighted by Crippen LogP contribution is 2.55. The van der Waals surface area contributed by atoms with Gasteiger partial charge in [-0.15, -0.1) is 0 Å². The molecule has 2 bridgehead atoms. The summed E-state index contributed by atoms with van der Waals surface area (Å²) in [7, 11) is 0. The Labute approximate surface area is 231 Å². The first-order valence-electron chi connectivity index (χ1n) is 15.0. The summed E-state index contributed by atoms with van der Waals surface area (Å²) in [5.41, 5.74) is 1.74. The number of carbonyl (C=O) groups excluding carboxylic acids is 3. The van der Waals surface area contributed by atoms with E-state index in [2.05, 4.69) is 21.6 Å². The summed E-state index contributed by atoms with van der Waals surface area (Å²) >= 11 is 0. The molecule has 0 aromatic heterocycles. The predicted molar refractivity (Wildman–Crippen MR) is 149 cm³/mol. The van der Waals surface area contributed by atoms with Gasteiger partial charge < -0.3 is 25.2 Å². The number of nitrogens with one attached hydrogen (secondary N) is 2. The number of fused-ring (bicyclic) bond motifs is 1. The first-order valence-corrected chi connectivity index (χ1v) is 15.0. The van der Waals surface area contributed by atoms with Crippen molar-refractivity contribution in [3.8, 4) is 0 Å². The number of anilines is 1. The lowest BCUT2D eigenvalue weighted by molar-refractivity contribution is -0.141. The van der Waals surface area contributed by atoms with Crippen LogP contribution in [0.25, 0.3) is 0 Å². The lowest BCUT2D eigenvalue weighted by Crippen LogP contribution is -2.57. The second kappa shape index (κ2) is 10.7. The van der Waals surface area contributed by atoms with E-state index < -0.39 is 29.6 Å². The summed E-state index contributed by atoms with van der Waals surface area (Å²) < 4.78 is 6.51. The van der Waals surface area contributed by atoms with E-state index in [1.54, 1.807) is 4.90 Å². The van der Waals surface area contributed by atoms with Crippen LogP contribution >= 0.6 is 0 Å². The minimum atomic E-state index is -1.10. The zero-order valence-electron chi connectivity index (χ0n) is 23.3. The Balaban J connectivity index is 1.27. The molecule has 4 heterocycles. The van der Waals surface area contributed by atoms with E-state index >= 15 is 0 Å². The Morgan fingerprint density at radius 2 is 1.64 bits per heavy atom. The molecule has 1 aromatic carbocycles. The van der Waals surface area contributed by atoms with E-state index in [4.69, 9.17) is 4.74 Å². The Bertz CT molecular complexity index is 1130. The van der Waals surface area contributed by atoms with Gasteiger partial charge in [0.25, 0.3) is 0 Å². The number of rotatable bonds is 7. The minimum Gasteiger partial charge on any atom is -0.359 e. The molecule has 4 fully saturated rings. The van der Waals surface area contributed by atoms with Crippen LogP contribution in [0.2, 0.25) is 0 Å². The first kappa shape index (κ1) is 26.5. The smallest absolute Gasteiger partial charge is 0.246 e. The molecule has 8 nitrogen and oxygen atoms in total. The standard InChI is InChI=1S/C31H42N4O4/c1-20-17-21(2)19-23(18-20)33-28(36)25-24-11-12-31(39-24)26(25)30(38)35(16-15-34-13-7-4-8-14-34)27(31)29(37)32-22-9-5-3-6-10-22/h11-12,17-19,22,24-27H,3-10,13-16H2,1-2H3,(H,32,37)(H,33,36)/t24-,25-,26-,27+,31-/m0/s1. The number of hydrogen-bond acceptors (Lipinski definition) is 5. The number of amides is 3. The number of hydrogen-bond donors (Lipinski definition) is 2. The molecule has 3 amide bonds. The van der Waals surface area contributed by atoms with Gasteiger partial charge in [0.2, 0.25) is 17.7 Å². The molecule has 39 heavy (non-hydrogen) atoms. The van der Waals surface area contributed by atoms with Crippen molar-refractivity contribution in [1.82, 2.24) is 15.1 Å². The lowest BCUT2D eigenvalue weighted by atomic mass is 9.74. The van der Waals surface area contributed by atoms with Crippen LogP contribution in [0.3, 0.4) is 0 Å². The fourth-order valence-corrected chi connectivity index (χ4v) is 7.74. The molecule has 4 aliphatic heterocycles. The molecular formula is C31H42N4O4. The van der Waals surface area contributed by atoms with Gasteiger partial charge in [-0.3, -0.25) is 14.4 Å². The third-order valence-electron chi connectivity index (χ3n) is 9.47. The summed E-state index contributed by atoms with van der Waals surface area (Å²) in [4.78, 5) is 46.0. The van der Waals surface area contributed by atoms with Crippen molar-refractivity contribution in [2.24, 2.45) is 11.8 Å². The molecular weight excluding hydrogens is 492 g/mol. The molecule has 5 atom stereocenters. The molecule has 0 unspecified atom stereocenters. The van der Waals surface area contributed by atoms with Crippen molar-refractivity contribution < 1.29 is 19.1 Å². The normalized spacial score (nSPS) is 32.5. The SMILES string of the molecule is Cc1cc(C)cc(NC(=O)[C@H]2[C@@H]3C=C[C@]4(O3)[C@@H]2C(=O)N(CCN2CCCCC2)[C@@H]4C(=O)NC2CCCCC2)c1. The van der Waals surface area contributed by atoms with Crippen molar-refractivity contribution in [2.75, 3.05) is 31.5 Å². The second-order valence-electron chi connectivity index (χ2n) is 12.3. The number of aryl methyl sites for hydroxylation is 2. The van der Waals surface area contributed by atoms with Crippen LogP contribution in [0, 0.1) is 25.7 Å². The predicted octanol–water partition coefficient (Wildman–Crippen LogP) is 3.33. The van der Waals surface area contributed by atoms with Crippen LogP contribution in [0.5, 0.6) is 0 Å². The summed E-state index contributed by atoms with van der Waals surface area (Å²) in [6, 6.07) is 5.30. The second-order valence-corrected chi connectivity index (χ2v) is 12.3. The number of likely N-dealkylation sites (tertiary alicyclic amines) is 2. The van der Waals surface area contributed by atoms with Crippen LogP contribution in [0.15, 0.2) is 30.4 Å². The van der Waals surface area contributed by atoms with Gasteiger partial charge in [-0.2, -0.15) is 0 Å². The Morgan fingerprint density at radius 3 is 2.36 bits per heavy atom. The van der Waals surface area contributed by atoms with Crippen molar-refractivity contribution in [3.05, 3.63) is 41.5 Å². The molecule has 210 valence electrons. The number of benzene rings is 1. The Kier molecular flexibility index (Phi) is 7.27. The highest BCUT2D eigenvalue weighted by atomic mass is 16.5. The zero-order valence-corrected chi connectivity index (χ0v) is 23.3. The molecule has 5 aliphatic rings. The molecule has 8 heteroatoms. The van der Waals surface area contributed by atoms with E-state index in [0.29, 0.717) is 6.54 Å². The average molecular weight is 535 g/mol. The molecule has 1 aliphatic carbocycles. The molecule has 1 spiro atoms. The molecule has 1 saturated carbocycles. The van der Waals surface area contributed by atoms with Gasteiger partial charge in [0.1, 0.15) is 11.6 Å².